The SMILES string of the molecule is Cc1cccc(CC(=O)O)c1C(C)(C)C. The van der Waals surface area contributed by atoms with Crippen LogP contribution >= 0.6 is 0 Å². The lowest BCUT2D eigenvalue weighted by Gasteiger charge is -2.24. The van der Waals surface area contributed by atoms with Crippen molar-refractivity contribution in [2.45, 2.75) is 39.5 Å². The second-order valence-corrected chi connectivity index (χ2v) is 4.93. The zero-order chi connectivity index (χ0) is 11.6. The predicted octanol–water partition coefficient (Wildman–Crippen LogP) is 2.92. The summed E-state index contributed by atoms with van der Waals surface area (Å²) in [6.07, 6.45) is 0.105. The van der Waals surface area contributed by atoms with Gasteiger partial charge in [-0.15, -0.1) is 0 Å². The number of carboxylic acid groups (broad SMARTS) is 1. The predicted molar refractivity (Wildman–Crippen MR) is 61.2 cm³/mol. The topological polar surface area (TPSA) is 37.3 Å². The summed E-state index contributed by atoms with van der Waals surface area (Å²) in [5.41, 5.74) is 3.25. The lowest BCUT2D eigenvalue weighted by molar-refractivity contribution is -0.136. The van der Waals surface area contributed by atoms with Crippen molar-refractivity contribution in [3.63, 3.8) is 0 Å². The minimum atomic E-state index is -0.772. The van der Waals surface area contributed by atoms with Crippen LogP contribution in [0.4, 0.5) is 0 Å². The summed E-state index contributed by atoms with van der Waals surface area (Å²) in [7, 11) is 0. The number of carboxylic acids is 1. The highest BCUT2D eigenvalue weighted by Crippen LogP contribution is 2.29. The lowest BCUT2D eigenvalue weighted by atomic mass is 9.80. The number of hydrogen-bond donors (Lipinski definition) is 1. The number of aryl methyl sites for hydroxylation is 1. The standard InChI is InChI=1S/C13H18O2/c1-9-6-5-7-10(8-11(14)15)12(9)13(2,3)4/h5-7H,8H2,1-4H3,(H,14,15). The quantitative estimate of drug-likeness (QED) is 0.807. The van der Waals surface area contributed by atoms with E-state index in [9.17, 15) is 4.79 Å². The van der Waals surface area contributed by atoms with Gasteiger partial charge in [0, 0.05) is 0 Å². The molecule has 2 nitrogen and oxygen atoms in total. The van der Waals surface area contributed by atoms with E-state index in [1.54, 1.807) is 0 Å². The monoisotopic (exact) mass is 206 g/mol. The van der Waals surface area contributed by atoms with E-state index < -0.39 is 5.97 Å². The molecule has 0 aliphatic heterocycles. The number of rotatable bonds is 2. The fourth-order valence-corrected chi connectivity index (χ4v) is 2.11. The Morgan fingerprint density at radius 1 is 1.33 bits per heavy atom. The molecule has 82 valence electrons. The smallest absolute Gasteiger partial charge is 0.307 e. The molecule has 0 heterocycles. The maximum atomic E-state index is 10.8. The second-order valence-electron chi connectivity index (χ2n) is 4.93. The van der Waals surface area contributed by atoms with Crippen LogP contribution in [0, 0.1) is 6.92 Å². The summed E-state index contributed by atoms with van der Waals surface area (Å²) in [6.45, 7) is 8.37. The van der Waals surface area contributed by atoms with Crippen LogP contribution in [-0.2, 0) is 16.6 Å². The molecule has 0 aliphatic rings. The molecule has 0 unspecified atom stereocenters. The lowest BCUT2D eigenvalue weighted by Crippen LogP contribution is -2.17. The molecular formula is C13H18O2. The van der Waals surface area contributed by atoms with E-state index in [2.05, 4.69) is 20.8 Å². The van der Waals surface area contributed by atoms with Crippen LogP contribution < -0.4 is 0 Å². The van der Waals surface area contributed by atoms with Crippen LogP contribution in [0.1, 0.15) is 37.5 Å². The van der Waals surface area contributed by atoms with Crippen LogP contribution in [0.25, 0.3) is 0 Å². The van der Waals surface area contributed by atoms with E-state index in [0.717, 1.165) is 11.1 Å². The number of carbonyl (C=O) groups is 1. The average molecular weight is 206 g/mol. The number of hydrogen-bond acceptors (Lipinski definition) is 1. The van der Waals surface area contributed by atoms with Crippen molar-refractivity contribution in [2.24, 2.45) is 0 Å². The van der Waals surface area contributed by atoms with E-state index in [4.69, 9.17) is 5.11 Å². The van der Waals surface area contributed by atoms with Gasteiger partial charge in [0.2, 0.25) is 0 Å². The summed E-state index contributed by atoms with van der Waals surface area (Å²) in [4.78, 5) is 10.8. The Bertz CT molecular complexity index is 373. The molecule has 15 heavy (non-hydrogen) atoms. The third-order valence-electron chi connectivity index (χ3n) is 2.45. The molecule has 0 fully saturated rings. The van der Waals surface area contributed by atoms with Gasteiger partial charge in [-0.1, -0.05) is 39.0 Å². The van der Waals surface area contributed by atoms with E-state index in [1.165, 1.54) is 5.56 Å². The van der Waals surface area contributed by atoms with Gasteiger partial charge in [0.05, 0.1) is 6.42 Å². The molecule has 0 aliphatic carbocycles. The molecule has 0 spiro atoms. The van der Waals surface area contributed by atoms with Gasteiger partial charge in [-0.25, -0.2) is 0 Å². The van der Waals surface area contributed by atoms with Crippen molar-refractivity contribution in [3.05, 3.63) is 34.9 Å². The molecule has 0 aromatic heterocycles. The van der Waals surface area contributed by atoms with Gasteiger partial charge in [-0.2, -0.15) is 0 Å². The zero-order valence-corrected chi connectivity index (χ0v) is 9.79. The van der Waals surface area contributed by atoms with Crippen molar-refractivity contribution in [1.82, 2.24) is 0 Å². The molecule has 1 aromatic carbocycles. The maximum Gasteiger partial charge on any atom is 0.307 e. The van der Waals surface area contributed by atoms with E-state index in [0.29, 0.717) is 0 Å². The first-order chi connectivity index (χ1) is 6.82. The van der Waals surface area contributed by atoms with Gasteiger partial charge in [0.25, 0.3) is 0 Å². The van der Waals surface area contributed by atoms with Crippen molar-refractivity contribution in [3.8, 4) is 0 Å². The molecular weight excluding hydrogens is 188 g/mol. The summed E-state index contributed by atoms with van der Waals surface area (Å²) in [6, 6.07) is 5.86. The number of benzene rings is 1. The van der Waals surface area contributed by atoms with Gasteiger partial charge in [-0.3, -0.25) is 4.79 Å². The third-order valence-corrected chi connectivity index (χ3v) is 2.45. The van der Waals surface area contributed by atoms with Crippen molar-refractivity contribution in [2.75, 3.05) is 0 Å². The molecule has 0 radical (unpaired) electrons. The van der Waals surface area contributed by atoms with Crippen LogP contribution in [0.2, 0.25) is 0 Å². The maximum absolute atomic E-state index is 10.8. The van der Waals surface area contributed by atoms with Gasteiger partial charge < -0.3 is 5.11 Å². The Morgan fingerprint density at radius 3 is 2.40 bits per heavy atom. The minimum Gasteiger partial charge on any atom is -0.481 e. The van der Waals surface area contributed by atoms with Crippen LogP contribution in [0.3, 0.4) is 0 Å². The first-order valence-electron chi connectivity index (χ1n) is 5.13. The fraction of sp³-hybridized carbons (Fsp3) is 0.462. The molecule has 0 amide bonds. The summed E-state index contributed by atoms with van der Waals surface area (Å²) in [5.74, 6) is -0.772. The molecule has 1 rings (SSSR count). The Labute approximate surface area is 90.9 Å². The largest absolute Gasteiger partial charge is 0.481 e. The molecule has 0 atom stereocenters. The summed E-state index contributed by atoms with van der Waals surface area (Å²) < 4.78 is 0. The Hall–Kier alpha value is -1.31. The minimum absolute atomic E-state index is 0.00384. The Morgan fingerprint density at radius 2 is 1.93 bits per heavy atom. The second kappa shape index (κ2) is 4.05. The molecule has 0 saturated carbocycles. The first kappa shape index (κ1) is 11.8. The van der Waals surface area contributed by atoms with Gasteiger partial charge in [0.15, 0.2) is 0 Å². The van der Waals surface area contributed by atoms with Crippen LogP contribution in [0.15, 0.2) is 18.2 Å². The van der Waals surface area contributed by atoms with Crippen molar-refractivity contribution < 1.29 is 9.90 Å². The van der Waals surface area contributed by atoms with Gasteiger partial charge in [0.1, 0.15) is 0 Å². The van der Waals surface area contributed by atoms with E-state index >= 15 is 0 Å². The van der Waals surface area contributed by atoms with Crippen LogP contribution in [0.5, 0.6) is 0 Å². The Balaban J connectivity index is 3.27. The van der Waals surface area contributed by atoms with E-state index in [-0.39, 0.29) is 11.8 Å². The highest BCUT2D eigenvalue weighted by atomic mass is 16.4. The molecule has 0 bridgehead atoms. The van der Waals surface area contributed by atoms with Gasteiger partial charge in [-0.05, 0) is 29.0 Å². The normalized spacial score (nSPS) is 11.5. The molecule has 2 heteroatoms. The summed E-state index contributed by atoms with van der Waals surface area (Å²) in [5, 5.41) is 8.85. The molecule has 0 saturated heterocycles. The third kappa shape index (κ3) is 2.82. The highest BCUT2D eigenvalue weighted by Gasteiger charge is 2.20. The number of aliphatic carboxylic acids is 1. The zero-order valence-electron chi connectivity index (χ0n) is 9.79. The van der Waals surface area contributed by atoms with Crippen molar-refractivity contribution >= 4 is 5.97 Å². The van der Waals surface area contributed by atoms with Crippen LogP contribution in [-0.4, -0.2) is 11.1 Å². The molecule has 1 N–H and O–H groups in total. The van der Waals surface area contributed by atoms with E-state index in [1.807, 2.05) is 25.1 Å². The highest BCUT2D eigenvalue weighted by molar-refractivity contribution is 5.71. The first-order valence-corrected chi connectivity index (χ1v) is 5.13. The fourth-order valence-electron chi connectivity index (χ4n) is 2.11. The average Bonchev–Trinajstić information content (AvgIpc) is 1.99. The Kier molecular flexibility index (Phi) is 3.18. The van der Waals surface area contributed by atoms with Crippen molar-refractivity contribution in [1.29, 1.82) is 0 Å². The molecule has 1 aromatic rings. The van der Waals surface area contributed by atoms with Gasteiger partial charge >= 0.3 is 5.97 Å². The summed E-state index contributed by atoms with van der Waals surface area (Å²) >= 11 is 0.